The second-order valence-corrected chi connectivity index (χ2v) is 7.61. The Balaban J connectivity index is 2.25. The highest BCUT2D eigenvalue weighted by Crippen LogP contribution is 2.42. The summed E-state index contributed by atoms with van der Waals surface area (Å²) in [6, 6.07) is 0. The van der Waals surface area contributed by atoms with Gasteiger partial charge in [-0.05, 0) is 12.3 Å². The van der Waals surface area contributed by atoms with Gasteiger partial charge in [-0.3, -0.25) is 14.5 Å². The largest absolute Gasteiger partial charge is 0.330 e. The number of quaternary nitrogens is 1. The van der Waals surface area contributed by atoms with E-state index in [2.05, 4.69) is 47.1 Å². The molecule has 0 spiro atoms. The van der Waals surface area contributed by atoms with Gasteiger partial charge in [-0.15, -0.1) is 0 Å². The van der Waals surface area contributed by atoms with E-state index >= 15 is 0 Å². The summed E-state index contributed by atoms with van der Waals surface area (Å²) in [4.78, 5) is 26.9. The number of hydrogen-bond acceptors (Lipinski definition) is 2. The third-order valence-corrected chi connectivity index (χ3v) is 4.67. The molecule has 2 aliphatic rings. The number of nitrogens with zero attached hydrogens (tertiary/aromatic N) is 2. The lowest BCUT2D eigenvalue weighted by Gasteiger charge is -2.35. The summed E-state index contributed by atoms with van der Waals surface area (Å²) in [5, 5.41) is 0. The van der Waals surface area contributed by atoms with Crippen molar-refractivity contribution >= 4 is 11.8 Å². The van der Waals surface area contributed by atoms with Crippen LogP contribution in [0.3, 0.4) is 0 Å². The van der Waals surface area contributed by atoms with Crippen molar-refractivity contribution in [1.82, 2.24) is 4.90 Å². The van der Waals surface area contributed by atoms with E-state index in [0.717, 1.165) is 23.9 Å². The second-order valence-electron chi connectivity index (χ2n) is 7.61. The minimum absolute atomic E-state index is 0.0571. The topological polar surface area (TPSA) is 37.4 Å². The van der Waals surface area contributed by atoms with Gasteiger partial charge in [0.25, 0.3) is 0 Å². The van der Waals surface area contributed by atoms with E-state index < -0.39 is 0 Å². The van der Waals surface area contributed by atoms with Crippen molar-refractivity contribution in [2.75, 3.05) is 34.2 Å². The fraction of sp³-hybridized carbons (Fsp3) is 0.765. The van der Waals surface area contributed by atoms with Gasteiger partial charge in [0.15, 0.2) is 0 Å². The molecule has 21 heavy (non-hydrogen) atoms. The van der Waals surface area contributed by atoms with Gasteiger partial charge in [0.1, 0.15) is 0 Å². The van der Waals surface area contributed by atoms with Crippen molar-refractivity contribution < 1.29 is 14.1 Å². The molecule has 0 bridgehead atoms. The van der Waals surface area contributed by atoms with E-state index in [1.54, 1.807) is 0 Å². The van der Waals surface area contributed by atoms with E-state index in [-0.39, 0.29) is 35.5 Å². The molecular weight excluding hydrogens is 264 g/mol. The molecule has 4 atom stereocenters. The number of likely N-dealkylation sites (tertiary alicyclic amines) is 1. The van der Waals surface area contributed by atoms with E-state index in [1.807, 2.05) is 0 Å². The first kappa shape index (κ1) is 16.2. The summed E-state index contributed by atoms with van der Waals surface area (Å²) in [5.41, 5.74) is 0. The molecule has 1 saturated heterocycles. The molecule has 0 N–H and O–H groups in total. The summed E-state index contributed by atoms with van der Waals surface area (Å²) in [6.07, 6.45) is 6.21. The molecule has 2 rings (SSSR count). The van der Waals surface area contributed by atoms with Gasteiger partial charge >= 0.3 is 0 Å². The zero-order chi connectivity index (χ0) is 15.8. The lowest BCUT2D eigenvalue weighted by atomic mass is 9.72. The highest BCUT2D eigenvalue weighted by Gasteiger charge is 2.53. The van der Waals surface area contributed by atoms with Crippen molar-refractivity contribution in [3.8, 4) is 0 Å². The van der Waals surface area contributed by atoms with Crippen LogP contribution in [0, 0.1) is 23.7 Å². The number of fused-ring (bicyclic) bond motifs is 1. The Bertz CT molecular complexity index is 450. The third-order valence-electron chi connectivity index (χ3n) is 4.67. The molecule has 4 heteroatoms. The molecule has 1 fully saturated rings. The number of allylic oxidation sites excluding steroid dienone is 1. The first-order valence-electron chi connectivity index (χ1n) is 8.10. The average molecular weight is 293 g/mol. The SMILES string of the molecule is CCCCN1C(=O)C2C(C)C=CC(C[N+](C)(C)C)C2C1=O. The molecule has 1 aliphatic carbocycles. The van der Waals surface area contributed by atoms with Crippen molar-refractivity contribution in [3.63, 3.8) is 0 Å². The molecule has 0 aromatic heterocycles. The molecule has 1 heterocycles. The first-order chi connectivity index (χ1) is 9.76. The summed E-state index contributed by atoms with van der Waals surface area (Å²) in [7, 11) is 6.41. The lowest BCUT2D eigenvalue weighted by molar-refractivity contribution is -0.873. The normalized spacial score (nSPS) is 32.7. The van der Waals surface area contributed by atoms with Gasteiger partial charge in [0.05, 0.1) is 39.5 Å². The van der Waals surface area contributed by atoms with Crippen molar-refractivity contribution in [3.05, 3.63) is 12.2 Å². The number of hydrogen-bond donors (Lipinski definition) is 0. The molecule has 0 saturated carbocycles. The Labute approximate surface area is 128 Å². The maximum absolute atomic E-state index is 12.8. The molecule has 1 aliphatic heterocycles. The molecular formula is C17H29N2O2+. The van der Waals surface area contributed by atoms with Crippen molar-refractivity contribution in [2.45, 2.75) is 26.7 Å². The lowest BCUT2D eigenvalue weighted by Crippen LogP contribution is -2.45. The number of imide groups is 1. The third kappa shape index (κ3) is 3.20. The Morgan fingerprint density at radius 3 is 2.29 bits per heavy atom. The number of rotatable bonds is 5. The van der Waals surface area contributed by atoms with Crippen LogP contribution in [-0.4, -0.2) is 55.4 Å². The Morgan fingerprint density at radius 1 is 1.10 bits per heavy atom. The van der Waals surface area contributed by atoms with Crippen LogP contribution in [0.15, 0.2) is 12.2 Å². The van der Waals surface area contributed by atoms with Crippen LogP contribution >= 0.6 is 0 Å². The minimum Gasteiger partial charge on any atom is -0.330 e. The first-order valence-corrected chi connectivity index (χ1v) is 8.10. The number of carbonyl (C=O) groups is 2. The van der Waals surface area contributed by atoms with Gasteiger partial charge in [-0.25, -0.2) is 0 Å². The number of carbonyl (C=O) groups excluding carboxylic acids is 2. The van der Waals surface area contributed by atoms with Crippen LogP contribution in [0.25, 0.3) is 0 Å². The zero-order valence-electron chi connectivity index (χ0n) is 14.0. The fourth-order valence-electron chi connectivity index (χ4n) is 3.68. The van der Waals surface area contributed by atoms with E-state index in [4.69, 9.17) is 0 Å². The quantitative estimate of drug-likeness (QED) is 0.441. The van der Waals surface area contributed by atoms with Crippen molar-refractivity contribution in [2.24, 2.45) is 23.7 Å². The summed E-state index contributed by atoms with van der Waals surface area (Å²) in [6.45, 7) is 5.63. The molecule has 4 unspecified atom stereocenters. The smallest absolute Gasteiger partial charge is 0.233 e. The Morgan fingerprint density at radius 2 is 1.71 bits per heavy atom. The average Bonchev–Trinajstić information content (AvgIpc) is 2.63. The highest BCUT2D eigenvalue weighted by atomic mass is 16.2. The second kappa shape index (κ2) is 5.91. The maximum atomic E-state index is 12.8. The monoisotopic (exact) mass is 293 g/mol. The Kier molecular flexibility index (Phi) is 4.57. The number of amides is 2. The van der Waals surface area contributed by atoms with E-state index in [0.29, 0.717) is 6.54 Å². The molecule has 0 radical (unpaired) electrons. The summed E-state index contributed by atoms with van der Waals surface area (Å²) in [5.74, 6) is 0.175. The molecule has 0 aromatic rings. The van der Waals surface area contributed by atoms with Crippen LogP contribution in [0.4, 0.5) is 0 Å². The van der Waals surface area contributed by atoms with E-state index in [9.17, 15) is 9.59 Å². The molecule has 2 amide bonds. The highest BCUT2D eigenvalue weighted by molar-refractivity contribution is 6.05. The minimum atomic E-state index is -0.147. The van der Waals surface area contributed by atoms with E-state index in [1.165, 1.54) is 4.90 Å². The van der Waals surface area contributed by atoms with Gasteiger partial charge in [0, 0.05) is 12.5 Å². The molecule has 0 aromatic carbocycles. The fourth-order valence-corrected chi connectivity index (χ4v) is 3.68. The summed E-state index contributed by atoms with van der Waals surface area (Å²) < 4.78 is 0.809. The van der Waals surface area contributed by atoms with Gasteiger partial charge < -0.3 is 4.48 Å². The predicted octanol–water partition coefficient (Wildman–Crippen LogP) is 1.92. The van der Waals surface area contributed by atoms with Crippen LogP contribution in [0.2, 0.25) is 0 Å². The number of unbranched alkanes of at least 4 members (excludes halogenated alkanes) is 1. The maximum Gasteiger partial charge on any atom is 0.233 e. The van der Waals surface area contributed by atoms with Gasteiger partial charge in [-0.1, -0.05) is 32.4 Å². The molecule has 118 valence electrons. The van der Waals surface area contributed by atoms with Gasteiger partial charge in [0.2, 0.25) is 11.8 Å². The van der Waals surface area contributed by atoms with Gasteiger partial charge in [-0.2, -0.15) is 0 Å². The van der Waals surface area contributed by atoms with Crippen LogP contribution in [-0.2, 0) is 9.59 Å². The van der Waals surface area contributed by atoms with Crippen molar-refractivity contribution in [1.29, 1.82) is 0 Å². The summed E-state index contributed by atoms with van der Waals surface area (Å²) >= 11 is 0. The molecule has 4 nitrogen and oxygen atoms in total. The van der Waals surface area contributed by atoms with Crippen LogP contribution < -0.4 is 0 Å². The van der Waals surface area contributed by atoms with Crippen LogP contribution in [0.1, 0.15) is 26.7 Å². The standard InChI is InChI=1S/C17H29N2O2/c1-6-7-10-18-16(20)14-12(2)8-9-13(11-19(3,4)5)15(14)17(18)21/h8-9,12-15H,6-7,10-11H2,1-5H3/q+1. The zero-order valence-corrected chi connectivity index (χ0v) is 14.0. The predicted molar refractivity (Wildman–Crippen MR) is 83.3 cm³/mol. The van der Waals surface area contributed by atoms with Crippen LogP contribution in [0.5, 0.6) is 0 Å². The Hall–Kier alpha value is -1.16.